The van der Waals surface area contributed by atoms with Crippen molar-refractivity contribution < 1.29 is 19.4 Å². The Hall–Kier alpha value is -2.01. The second kappa shape index (κ2) is 3.97. The topological polar surface area (TPSA) is 79.9 Å². The predicted molar refractivity (Wildman–Crippen MR) is 87.3 cm³/mol. The third-order valence-electron chi connectivity index (χ3n) is 6.69. The molecule has 1 aliphatic heterocycles. The Bertz CT molecular complexity index is 943. The molecule has 0 amide bonds. The number of hydrogen-bond donors (Lipinski definition) is 2. The van der Waals surface area contributed by atoms with E-state index in [1.165, 1.54) is 6.07 Å². The van der Waals surface area contributed by atoms with Gasteiger partial charge in [0.1, 0.15) is 22.7 Å². The minimum Gasteiger partial charge on any atom is -0.507 e. The van der Waals surface area contributed by atoms with Crippen molar-refractivity contribution in [3.05, 3.63) is 34.2 Å². The van der Waals surface area contributed by atoms with E-state index in [0.717, 1.165) is 5.56 Å². The van der Waals surface area contributed by atoms with Crippen molar-refractivity contribution in [2.24, 2.45) is 17.3 Å². The number of hydrogen-bond acceptors (Lipinski definition) is 5. The standard InChI is InChI=1S/C19H20O5/c1-18(2)14-9(20)7-19(3)16(14)15(18)13-11(24-19)6-10-8(17(13)22)4-5-12(21)23-10/h4-6,9,14-16,20,22H,7H2,1-3H3/t9-,14+,15-,16-,19-/m1/s1. The highest BCUT2D eigenvalue weighted by Gasteiger charge is 2.72. The van der Waals surface area contributed by atoms with Crippen LogP contribution in [0.15, 0.2) is 27.4 Å². The smallest absolute Gasteiger partial charge is 0.336 e. The molecule has 5 atom stereocenters. The molecule has 2 aromatic rings. The number of aromatic hydroxyl groups is 1. The molecule has 0 saturated heterocycles. The van der Waals surface area contributed by atoms with Gasteiger partial charge < -0.3 is 19.4 Å². The average molecular weight is 328 g/mol. The van der Waals surface area contributed by atoms with Crippen LogP contribution in [0, 0.1) is 17.3 Å². The van der Waals surface area contributed by atoms with Gasteiger partial charge in [-0.15, -0.1) is 0 Å². The molecule has 5 rings (SSSR count). The Morgan fingerprint density at radius 1 is 1.21 bits per heavy atom. The summed E-state index contributed by atoms with van der Waals surface area (Å²) >= 11 is 0. The predicted octanol–water partition coefficient (Wildman–Crippen LogP) is 2.77. The molecule has 5 nitrogen and oxygen atoms in total. The van der Waals surface area contributed by atoms with Crippen molar-refractivity contribution in [2.75, 3.05) is 0 Å². The summed E-state index contributed by atoms with van der Waals surface area (Å²) in [5.74, 6) is 1.17. The number of aliphatic hydroxyl groups excluding tert-OH is 1. The number of ether oxygens (including phenoxy) is 1. The lowest BCUT2D eigenvalue weighted by Crippen LogP contribution is -2.60. The van der Waals surface area contributed by atoms with Crippen LogP contribution >= 0.6 is 0 Å². The van der Waals surface area contributed by atoms with Crippen molar-refractivity contribution in [1.29, 1.82) is 0 Å². The summed E-state index contributed by atoms with van der Waals surface area (Å²) in [5.41, 5.74) is 0.0810. The summed E-state index contributed by atoms with van der Waals surface area (Å²) in [6.45, 7) is 6.34. The van der Waals surface area contributed by atoms with Gasteiger partial charge in [0, 0.05) is 36.0 Å². The highest BCUT2D eigenvalue weighted by molar-refractivity contribution is 5.87. The third kappa shape index (κ3) is 1.43. The van der Waals surface area contributed by atoms with Gasteiger partial charge in [-0.3, -0.25) is 0 Å². The van der Waals surface area contributed by atoms with E-state index in [4.69, 9.17) is 9.15 Å². The molecule has 2 heterocycles. The summed E-state index contributed by atoms with van der Waals surface area (Å²) in [6.07, 6.45) is 0.189. The van der Waals surface area contributed by atoms with E-state index in [9.17, 15) is 15.0 Å². The molecular formula is C19H20O5. The second-order valence-electron chi connectivity index (χ2n) is 8.34. The monoisotopic (exact) mass is 328 g/mol. The first-order valence-electron chi connectivity index (χ1n) is 8.41. The van der Waals surface area contributed by atoms with Gasteiger partial charge in [-0.1, -0.05) is 13.8 Å². The fourth-order valence-electron chi connectivity index (χ4n) is 5.86. The Labute approximate surface area is 138 Å². The molecule has 1 aromatic carbocycles. The summed E-state index contributed by atoms with van der Waals surface area (Å²) < 4.78 is 11.5. The minimum atomic E-state index is -0.456. The van der Waals surface area contributed by atoms with E-state index < -0.39 is 17.3 Å². The van der Waals surface area contributed by atoms with Gasteiger partial charge in [0.05, 0.1) is 11.5 Å². The summed E-state index contributed by atoms with van der Waals surface area (Å²) in [7, 11) is 0. The minimum absolute atomic E-state index is 0.115. The molecule has 24 heavy (non-hydrogen) atoms. The lowest BCUT2D eigenvalue weighted by Gasteiger charge is -2.62. The SMILES string of the molecule is CC1(C)[C@@H]2[C@@H]3[C@H]1c1c(cc4oc(=O)ccc4c1O)O[C@]3(C)C[C@H]2O. The Morgan fingerprint density at radius 2 is 1.96 bits per heavy atom. The Kier molecular flexibility index (Phi) is 2.37. The van der Waals surface area contributed by atoms with Crippen LogP contribution in [0.25, 0.3) is 11.0 Å². The van der Waals surface area contributed by atoms with Crippen molar-refractivity contribution in [3.8, 4) is 11.5 Å². The van der Waals surface area contributed by atoms with Gasteiger partial charge in [-0.25, -0.2) is 4.79 Å². The fourth-order valence-corrected chi connectivity index (χ4v) is 5.86. The second-order valence-corrected chi connectivity index (χ2v) is 8.34. The van der Waals surface area contributed by atoms with E-state index in [1.807, 2.05) is 6.92 Å². The van der Waals surface area contributed by atoms with Crippen LogP contribution in [0.4, 0.5) is 0 Å². The van der Waals surface area contributed by atoms with E-state index >= 15 is 0 Å². The molecule has 0 spiro atoms. The van der Waals surface area contributed by atoms with E-state index in [-0.39, 0.29) is 28.9 Å². The quantitative estimate of drug-likeness (QED) is 0.727. The molecule has 126 valence electrons. The van der Waals surface area contributed by atoms with Crippen molar-refractivity contribution >= 4 is 11.0 Å². The molecular weight excluding hydrogens is 308 g/mol. The van der Waals surface area contributed by atoms with Gasteiger partial charge >= 0.3 is 5.63 Å². The van der Waals surface area contributed by atoms with E-state index in [0.29, 0.717) is 23.1 Å². The maximum Gasteiger partial charge on any atom is 0.336 e. The number of fused-ring (bicyclic) bond motifs is 3. The van der Waals surface area contributed by atoms with Gasteiger partial charge in [0.15, 0.2) is 0 Å². The molecule has 0 bridgehead atoms. The summed E-state index contributed by atoms with van der Waals surface area (Å²) in [5, 5.41) is 21.9. The van der Waals surface area contributed by atoms with Gasteiger partial charge in [0.2, 0.25) is 0 Å². The number of phenols is 1. The Morgan fingerprint density at radius 3 is 2.71 bits per heavy atom. The summed E-state index contributed by atoms with van der Waals surface area (Å²) in [4.78, 5) is 11.5. The Balaban J connectivity index is 1.81. The number of rotatable bonds is 0. The number of benzene rings is 1. The zero-order valence-corrected chi connectivity index (χ0v) is 13.9. The van der Waals surface area contributed by atoms with E-state index in [2.05, 4.69) is 13.8 Å². The molecule has 2 fully saturated rings. The molecule has 5 heteroatoms. The van der Waals surface area contributed by atoms with Gasteiger partial charge in [-0.2, -0.15) is 0 Å². The van der Waals surface area contributed by atoms with E-state index in [1.54, 1.807) is 12.1 Å². The highest BCUT2D eigenvalue weighted by atomic mass is 16.5. The number of aliphatic hydroxyl groups is 1. The average Bonchev–Trinajstić information content (AvgIpc) is 2.73. The normalized spacial score (nSPS) is 38.2. The van der Waals surface area contributed by atoms with Gasteiger partial charge in [-0.05, 0) is 24.3 Å². The molecule has 1 aromatic heterocycles. The first kappa shape index (κ1) is 14.3. The maximum atomic E-state index is 11.5. The van der Waals surface area contributed by atoms with Crippen molar-refractivity contribution in [2.45, 2.75) is 44.8 Å². The zero-order valence-electron chi connectivity index (χ0n) is 13.9. The summed E-state index contributed by atoms with van der Waals surface area (Å²) in [6, 6.07) is 4.62. The molecule has 0 unspecified atom stereocenters. The van der Waals surface area contributed by atoms with Crippen LogP contribution in [0.1, 0.15) is 38.7 Å². The van der Waals surface area contributed by atoms with Crippen LogP contribution in [0.5, 0.6) is 11.5 Å². The number of phenolic OH excluding ortho intramolecular Hbond substituents is 1. The molecule has 2 saturated carbocycles. The van der Waals surface area contributed by atoms with Crippen LogP contribution in [-0.4, -0.2) is 21.9 Å². The van der Waals surface area contributed by atoms with Crippen LogP contribution in [-0.2, 0) is 0 Å². The molecule has 3 aliphatic rings. The van der Waals surface area contributed by atoms with Crippen LogP contribution in [0.3, 0.4) is 0 Å². The molecule has 2 aliphatic carbocycles. The third-order valence-corrected chi connectivity index (χ3v) is 6.69. The highest BCUT2D eigenvalue weighted by Crippen LogP contribution is 2.74. The molecule has 0 radical (unpaired) electrons. The first-order valence-corrected chi connectivity index (χ1v) is 8.41. The van der Waals surface area contributed by atoms with Crippen molar-refractivity contribution in [1.82, 2.24) is 0 Å². The zero-order chi connectivity index (χ0) is 17.0. The van der Waals surface area contributed by atoms with Crippen LogP contribution in [0.2, 0.25) is 0 Å². The maximum absolute atomic E-state index is 11.5. The largest absolute Gasteiger partial charge is 0.507 e. The lowest BCUT2D eigenvalue weighted by atomic mass is 9.44. The van der Waals surface area contributed by atoms with Gasteiger partial charge in [0.25, 0.3) is 0 Å². The van der Waals surface area contributed by atoms with Crippen LogP contribution < -0.4 is 10.4 Å². The van der Waals surface area contributed by atoms with Crippen molar-refractivity contribution in [3.63, 3.8) is 0 Å². The first-order chi connectivity index (χ1) is 11.2. The fraction of sp³-hybridized carbons (Fsp3) is 0.526. The molecule has 2 N–H and O–H groups in total. The lowest BCUT2D eigenvalue weighted by molar-refractivity contribution is -0.136.